The number of ether oxygens (including phenoxy) is 1. The zero-order chi connectivity index (χ0) is 14.8. The van der Waals surface area contributed by atoms with Crippen molar-refractivity contribution in [3.63, 3.8) is 0 Å². The van der Waals surface area contributed by atoms with Crippen LogP contribution in [0.15, 0.2) is 24.3 Å². The molecule has 0 saturated heterocycles. The average molecular weight is 303 g/mol. The summed E-state index contributed by atoms with van der Waals surface area (Å²) in [6.07, 6.45) is 4.93. The maximum atomic E-state index is 6.21. The maximum absolute atomic E-state index is 6.21. The van der Waals surface area contributed by atoms with Crippen LogP contribution in [-0.4, -0.2) is 17.1 Å². The molecule has 0 radical (unpaired) electrons. The molecule has 1 fully saturated rings. The number of benzene rings is 1. The SMILES string of the molecule is COc1cc(C)ccc1-c1nc(Cl)cc(C2CCCC2)n1. The van der Waals surface area contributed by atoms with E-state index in [0.29, 0.717) is 16.9 Å². The molecule has 1 aromatic heterocycles. The van der Waals surface area contributed by atoms with Crippen molar-refractivity contribution in [3.8, 4) is 17.1 Å². The van der Waals surface area contributed by atoms with Gasteiger partial charge in [0.1, 0.15) is 10.9 Å². The van der Waals surface area contributed by atoms with Crippen LogP contribution in [0.2, 0.25) is 5.15 Å². The Kier molecular flexibility index (Phi) is 4.11. The Balaban J connectivity index is 2.05. The number of nitrogens with zero attached hydrogens (tertiary/aromatic N) is 2. The average Bonchev–Trinajstić information content (AvgIpc) is 3.00. The second kappa shape index (κ2) is 6.02. The Labute approximate surface area is 130 Å². The Bertz CT molecular complexity index is 651. The van der Waals surface area contributed by atoms with Gasteiger partial charge in [-0.05, 0) is 43.5 Å². The third-order valence-corrected chi connectivity index (χ3v) is 4.28. The van der Waals surface area contributed by atoms with Crippen molar-refractivity contribution in [1.29, 1.82) is 0 Å². The first-order valence-electron chi connectivity index (χ1n) is 7.37. The molecular weight excluding hydrogens is 284 g/mol. The van der Waals surface area contributed by atoms with Crippen molar-refractivity contribution in [2.24, 2.45) is 0 Å². The minimum atomic E-state index is 0.504. The van der Waals surface area contributed by atoms with E-state index in [1.54, 1.807) is 7.11 Å². The first-order valence-corrected chi connectivity index (χ1v) is 7.74. The Morgan fingerprint density at radius 2 is 1.90 bits per heavy atom. The van der Waals surface area contributed by atoms with Crippen LogP contribution >= 0.6 is 11.6 Å². The lowest BCUT2D eigenvalue weighted by Crippen LogP contribution is -2.01. The van der Waals surface area contributed by atoms with Gasteiger partial charge >= 0.3 is 0 Å². The predicted molar refractivity (Wildman–Crippen MR) is 85.0 cm³/mol. The van der Waals surface area contributed by atoms with Crippen molar-refractivity contribution >= 4 is 11.6 Å². The van der Waals surface area contributed by atoms with Gasteiger partial charge in [0.2, 0.25) is 0 Å². The summed E-state index contributed by atoms with van der Waals surface area (Å²) in [6.45, 7) is 2.04. The van der Waals surface area contributed by atoms with Gasteiger partial charge in [0.15, 0.2) is 5.82 Å². The molecule has 3 nitrogen and oxygen atoms in total. The molecular formula is C17H19ClN2O. The van der Waals surface area contributed by atoms with E-state index in [4.69, 9.17) is 21.3 Å². The summed E-state index contributed by atoms with van der Waals surface area (Å²) in [6, 6.07) is 7.94. The van der Waals surface area contributed by atoms with Crippen molar-refractivity contribution < 1.29 is 4.74 Å². The van der Waals surface area contributed by atoms with E-state index in [2.05, 4.69) is 4.98 Å². The summed E-state index contributed by atoms with van der Waals surface area (Å²) in [5, 5.41) is 0.504. The number of aryl methyl sites for hydroxylation is 1. The summed E-state index contributed by atoms with van der Waals surface area (Å²) >= 11 is 6.21. The van der Waals surface area contributed by atoms with Crippen LogP contribution in [0, 0.1) is 6.92 Å². The molecule has 0 N–H and O–H groups in total. The molecule has 4 heteroatoms. The largest absolute Gasteiger partial charge is 0.496 e. The zero-order valence-corrected chi connectivity index (χ0v) is 13.2. The van der Waals surface area contributed by atoms with Crippen molar-refractivity contribution in [3.05, 3.63) is 40.7 Å². The van der Waals surface area contributed by atoms with Gasteiger partial charge in [0, 0.05) is 11.6 Å². The van der Waals surface area contributed by atoms with E-state index in [-0.39, 0.29) is 0 Å². The molecule has 110 valence electrons. The van der Waals surface area contributed by atoms with Crippen molar-refractivity contribution in [2.45, 2.75) is 38.5 Å². The van der Waals surface area contributed by atoms with E-state index in [1.165, 1.54) is 25.7 Å². The Hall–Kier alpha value is -1.61. The number of methoxy groups -OCH3 is 1. The molecule has 1 aliphatic carbocycles. The molecule has 0 aliphatic heterocycles. The molecule has 1 heterocycles. The normalized spacial score (nSPS) is 15.4. The van der Waals surface area contributed by atoms with Gasteiger partial charge in [-0.25, -0.2) is 9.97 Å². The number of hydrogen-bond acceptors (Lipinski definition) is 3. The monoisotopic (exact) mass is 302 g/mol. The van der Waals surface area contributed by atoms with Gasteiger partial charge < -0.3 is 4.74 Å². The molecule has 2 aromatic rings. The van der Waals surface area contributed by atoms with Gasteiger partial charge in [-0.15, -0.1) is 0 Å². The first kappa shape index (κ1) is 14.3. The topological polar surface area (TPSA) is 35.0 Å². The van der Waals surface area contributed by atoms with Crippen LogP contribution in [0.25, 0.3) is 11.4 Å². The van der Waals surface area contributed by atoms with Gasteiger partial charge in [-0.3, -0.25) is 0 Å². The molecule has 1 aromatic carbocycles. The van der Waals surface area contributed by atoms with Gasteiger partial charge in [0.05, 0.1) is 12.7 Å². The van der Waals surface area contributed by atoms with E-state index < -0.39 is 0 Å². The summed E-state index contributed by atoms with van der Waals surface area (Å²) in [4.78, 5) is 9.14. The van der Waals surface area contributed by atoms with E-state index in [1.807, 2.05) is 31.2 Å². The van der Waals surface area contributed by atoms with E-state index in [0.717, 1.165) is 22.6 Å². The minimum absolute atomic E-state index is 0.504. The summed E-state index contributed by atoms with van der Waals surface area (Å²) in [5.74, 6) is 1.96. The third kappa shape index (κ3) is 3.03. The number of halogens is 1. The molecule has 0 atom stereocenters. The Morgan fingerprint density at radius 1 is 1.14 bits per heavy atom. The summed E-state index contributed by atoms with van der Waals surface area (Å²) in [5.41, 5.74) is 3.10. The van der Waals surface area contributed by atoms with Gasteiger partial charge in [-0.1, -0.05) is 30.5 Å². The zero-order valence-electron chi connectivity index (χ0n) is 12.4. The number of rotatable bonds is 3. The molecule has 3 rings (SSSR count). The second-order valence-electron chi connectivity index (χ2n) is 5.62. The minimum Gasteiger partial charge on any atom is -0.496 e. The fourth-order valence-electron chi connectivity index (χ4n) is 2.97. The number of hydrogen-bond donors (Lipinski definition) is 0. The quantitative estimate of drug-likeness (QED) is 0.766. The smallest absolute Gasteiger partial charge is 0.164 e. The van der Waals surface area contributed by atoms with Gasteiger partial charge in [0.25, 0.3) is 0 Å². The highest BCUT2D eigenvalue weighted by atomic mass is 35.5. The highest BCUT2D eigenvalue weighted by Crippen LogP contribution is 2.36. The second-order valence-corrected chi connectivity index (χ2v) is 6.01. The Morgan fingerprint density at radius 3 is 2.62 bits per heavy atom. The highest BCUT2D eigenvalue weighted by molar-refractivity contribution is 6.29. The molecule has 0 bridgehead atoms. The van der Waals surface area contributed by atoms with Crippen LogP contribution in [0.5, 0.6) is 5.75 Å². The lowest BCUT2D eigenvalue weighted by Gasteiger charge is -2.13. The van der Waals surface area contributed by atoms with Crippen LogP contribution in [0.3, 0.4) is 0 Å². The first-order chi connectivity index (χ1) is 10.2. The van der Waals surface area contributed by atoms with Crippen molar-refractivity contribution in [1.82, 2.24) is 9.97 Å². The fraction of sp³-hybridized carbons (Fsp3) is 0.412. The van der Waals surface area contributed by atoms with E-state index >= 15 is 0 Å². The van der Waals surface area contributed by atoms with E-state index in [9.17, 15) is 0 Å². The van der Waals surface area contributed by atoms with Crippen LogP contribution in [0.1, 0.15) is 42.9 Å². The van der Waals surface area contributed by atoms with Crippen molar-refractivity contribution in [2.75, 3.05) is 7.11 Å². The van der Waals surface area contributed by atoms with Crippen LogP contribution < -0.4 is 4.74 Å². The predicted octanol–water partition coefficient (Wildman–Crippen LogP) is 4.77. The van der Waals surface area contributed by atoms with Crippen LogP contribution in [-0.2, 0) is 0 Å². The van der Waals surface area contributed by atoms with Crippen LogP contribution in [0.4, 0.5) is 0 Å². The lowest BCUT2D eigenvalue weighted by molar-refractivity contribution is 0.416. The molecule has 1 aliphatic rings. The summed E-state index contributed by atoms with van der Waals surface area (Å²) < 4.78 is 5.46. The lowest BCUT2D eigenvalue weighted by atomic mass is 10.0. The molecule has 21 heavy (non-hydrogen) atoms. The van der Waals surface area contributed by atoms with Gasteiger partial charge in [-0.2, -0.15) is 0 Å². The molecule has 0 spiro atoms. The molecule has 0 amide bonds. The standard InChI is InChI=1S/C17H19ClN2O/c1-11-7-8-13(15(9-11)21-2)17-19-14(10-16(18)20-17)12-5-3-4-6-12/h7-10,12H,3-6H2,1-2H3. The fourth-order valence-corrected chi connectivity index (χ4v) is 3.16. The maximum Gasteiger partial charge on any atom is 0.164 e. The number of aromatic nitrogens is 2. The third-order valence-electron chi connectivity index (χ3n) is 4.09. The molecule has 1 saturated carbocycles. The molecule has 0 unspecified atom stereocenters. The summed E-state index contributed by atoms with van der Waals surface area (Å²) in [7, 11) is 1.67. The highest BCUT2D eigenvalue weighted by Gasteiger charge is 2.20.